The van der Waals surface area contributed by atoms with Crippen LogP contribution in [-0.4, -0.2) is 32.7 Å². The molecule has 6 heteroatoms. The van der Waals surface area contributed by atoms with Gasteiger partial charge < -0.3 is 10.1 Å². The van der Waals surface area contributed by atoms with E-state index in [1.807, 2.05) is 31.2 Å². The first-order valence-corrected chi connectivity index (χ1v) is 9.67. The average Bonchev–Trinajstić information content (AvgIpc) is 2.58. The third-order valence-corrected chi connectivity index (χ3v) is 5.91. The number of nitrogens with one attached hydrogen (secondary N) is 1. The molecule has 0 unspecified atom stereocenters. The lowest BCUT2D eigenvalue weighted by atomic mass is 10.2. The van der Waals surface area contributed by atoms with Crippen LogP contribution in [0.4, 0.5) is 0 Å². The number of amides is 1. The van der Waals surface area contributed by atoms with Gasteiger partial charge in [-0.05, 0) is 50.6 Å². The topological polar surface area (TPSA) is 72.5 Å². The van der Waals surface area contributed by atoms with Gasteiger partial charge in [0.25, 0.3) is 5.91 Å². The number of carbonyl (C=O) groups excluding carboxylic acids is 1. The van der Waals surface area contributed by atoms with Crippen molar-refractivity contribution < 1.29 is 17.9 Å². The van der Waals surface area contributed by atoms with Gasteiger partial charge in [-0.2, -0.15) is 0 Å². The molecule has 0 radical (unpaired) electrons. The number of benzene rings is 2. The Balaban J connectivity index is 2.00. The van der Waals surface area contributed by atoms with Crippen molar-refractivity contribution in [2.24, 2.45) is 0 Å². The Bertz CT molecular complexity index is 844. The number of hydrogen-bond donors (Lipinski definition) is 1. The second kappa shape index (κ2) is 8.16. The van der Waals surface area contributed by atoms with Crippen molar-refractivity contribution >= 4 is 15.7 Å². The number of rotatable bonds is 7. The normalized spacial score (nSPS) is 11.4. The van der Waals surface area contributed by atoms with Crippen LogP contribution in [0.3, 0.4) is 0 Å². The summed E-state index contributed by atoms with van der Waals surface area (Å²) in [5.41, 5.74) is 1.25. The summed E-state index contributed by atoms with van der Waals surface area (Å²) in [5, 5.41) is 2.12. The van der Waals surface area contributed by atoms with Crippen LogP contribution in [0.15, 0.2) is 53.4 Å². The molecule has 0 saturated heterocycles. The summed E-state index contributed by atoms with van der Waals surface area (Å²) in [7, 11) is -3.52. The fourth-order valence-corrected chi connectivity index (χ4v) is 3.53. The van der Waals surface area contributed by atoms with Gasteiger partial charge in [0.05, 0.1) is 22.3 Å². The summed E-state index contributed by atoms with van der Waals surface area (Å²) >= 11 is 0. The molecule has 0 bridgehead atoms. The van der Waals surface area contributed by atoms with Gasteiger partial charge in [0, 0.05) is 0 Å². The molecule has 2 aromatic carbocycles. The molecular weight excluding hydrogens is 338 g/mol. The minimum absolute atomic E-state index is 0.0575. The molecule has 0 aliphatic carbocycles. The van der Waals surface area contributed by atoms with Gasteiger partial charge in [0.2, 0.25) is 0 Å². The highest BCUT2D eigenvalue weighted by molar-refractivity contribution is 7.92. The van der Waals surface area contributed by atoms with E-state index in [0.717, 1.165) is 11.3 Å². The number of hydrogen-bond acceptors (Lipinski definition) is 4. The lowest BCUT2D eigenvalue weighted by Crippen LogP contribution is -2.30. The molecule has 0 fully saturated rings. The first-order chi connectivity index (χ1) is 11.8. The molecule has 0 aromatic heterocycles. The number of aryl methyl sites for hydroxylation is 1. The Kier molecular flexibility index (Phi) is 6.20. The molecule has 0 aliphatic heterocycles. The first-order valence-electron chi connectivity index (χ1n) is 8.13. The number of carbonyl (C=O) groups is 1. The maximum atomic E-state index is 12.4. The summed E-state index contributed by atoms with van der Waals surface area (Å²) in [6.45, 7) is 5.75. The van der Waals surface area contributed by atoms with E-state index >= 15 is 0 Å². The standard InChI is InChI=1S/C19H23NO4S/c1-14(2)25(22,23)18-10-5-4-9-17(18)19(21)20-11-12-24-16-8-6-7-15(3)13-16/h4-10,13-14H,11-12H2,1-3H3,(H,20,21). The Morgan fingerprint density at radius 2 is 1.84 bits per heavy atom. The molecule has 0 saturated carbocycles. The van der Waals surface area contributed by atoms with Crippen LogP contribution in [0, 0.1) is 6.92 Å². The van der Waals surface area contributed by atoms with Gasteiger partial charge in [-0.15, -0.1) is 0 Å². The summed E-state index contributed by atoms with van der Waals surface area (Å²) in [4.78, 5) is 12.4. The van der Waals surface area contributed by atoms with Gasteiger partial charge in [0.1, 0.15) is 12.4 Å². The summed E-state index contributed by atoms with van der Waals surface area (Å²) in [6, 6.07) is 13.9. The zero-order valence-electron chi connectivity index (χ0n) is 14.7. The van der Waals surface area contributed by atoms with Crippen LogP contribution in [0.2, 0.25) is 0 Å². The maximum absolute atomic E-state index is 12.4. The molecule has 0 heterocycles. The summed E-state index contributed by atoms with van der Waals surface area (Å²) < 4.78 is 30.4. The monoisotopic (exact) mass is 361 g/mol. The number of ether oxygens (including phenoxy) is 1. The van der Waals surface area contributed by atoms with E-state index in [4.69, 9.17) is 4.74 Å². The second-order valence-electron chi connectivity index (χ2n) is 6.01. The van der Waals surface area contributed by atoms with Crippen LogP contribution in [0.1, 0.15) is 29.8 Å². The van der Waals surface area contributed by atoms with E-state index in [2.05, 4.69) is 5.32 Å². The SMILES string of the molecule is Cc1cccc(OCCNC(=O)c2ccccc2S(=O)(=O)C(C)C)c1. The predicted octanol–water partition coefficient (Wildman–Crippen LogP) is 2.99. The lowest BCUT2D eigenvalue weighted by molar-refractivity contribution is 0.0943. The van der Waals surface area contributed by atoms with E-state index in [0.29, 0.717) is 6.61 Å². The molecule has 2 rings (SSSR count). The van der Waals surface area contributed by atoms with Gasteiger partial charge in [-0.25, -0.2) is 8.42 Å². The maximum Gasteiger partial charge on any atom is 0.252 e. The van der Waals surface area contributed by atoms with Crippen molar-refractivity contribution in [1.82, 2.24) is 5.32 Å². The summed E-state index contributed by atoms with van der Waals surface area (Å²) in [5.74, 6) is 0.310. The van der Waals surface area contributed by atoms with Crippen LogP contribution in [0.5, 0.6) is 5.75 Å². The summed E-state index contributed by atoms with van der Waals surface area (Å²) in [6.07, 6.45) is 0. The smallest absolute Gasteiger partial charge is 0.252 e. The molecule has 0 atom stereocenters. The third-order valence-electron chi connectivity index (χ3n) is 3.70. The van der Waals surface area contributed by atoms with Crippen LogP contribution < -0.4 is 10.1 Å². The van der Waals surface area contributed by atoms with Gasteiger partial charge in [-0.1, -0.05) is 24.3 Å². The Morgan fingerprint density at radius 3 is 2.52 bits per heavy atom. The quantitative estimate of drug-likeness (QED) is 0.770. The van der Waals surface area contributed by atoms with E-state index in [1.54, 1.807) is 26.0 Å². The Labute approximate surface area is 148 Å². The minimum atomic E-state index is -3.52. The van der Waals surface area contributed by atoms with E-state index in [9.17, 15) is 13.2 Å². The van der Waals surface area contributed by atoms with Crippen LogP contribution >= 0.6 is 0 Å². The van der Waals surface area contributed by atoms with E-state index in [1.165, 1.54) is 12.1 Å². The largest absolute Gasteiger partial charge is 0.492 e. The average molecular weight is 361 g/mol. The zero-order valence-corrected chi connectivity index (χ0v) is 15.5. The van der Waals surface area contributed by atoms with Crippen molar-refractivity contribution in [1.29, 1.82) is 0 Å². The molecule has 5 nitrogen and oxygen atoms in total. The Hall–Kier alpha value is -2.34. The molecule has 0 spiro atoms. The minimum Gasteiger partial charge on any atom is -0.492 e. The molecule has 1 amide bonds. The second-order valence-corrected chi connectivity index (χ2v) is 8.48. The van der Waals surface area contributed by atoms with E-state index < -0.39 is 21.0 Å². The van der Waals surface area contributed by atoms with Crippen molar-refractivity contribution in [3.05, 3.63) is 59.7 Å². The third kappa shape index (κ3) is 4.82. The highest BCUT2D eigenvalue weighted by Crippen LogP contribution is 2.20. The fourth-order valence-electron chi connectivity index (χ4n) is 2.29. The Morgan fingerprint density at radius 1 is 1.12 bits per heavy atom. The lowest BCUT2D eigenvalue weighted by Gasteiger charge is -2.13. The zero-order chi connectivity index (χ0) is 18.4. The molecular formula is C19H23NO4S. The van der Waals surface area contributed by atoms with Crippen LogP contribution in [0.25, 0.3) is 0 Å². The van der Waals surface area contributed by atoms with Crippen molar-refractivity contribution in [2.45, 2.75) is 30.9 Å². The molecule has 1 N–H and O–H groups in total. The van der Waals surface area contributed by atoms with Crippen molar-refractivity contribution in [2.75, 3.05) is 13.2 Å². The predicted molar refractivity (Wildman–Crippen MR) is 97.8 cm³/mol. The van der Waals surface area contributed by atoms with Crippen molar-refractivity contribution in [3.63, 3.8) is 0 Å². The van der Waals surface area contributed by atoms with Gasteiger partial charge >= 0.3 is 0 Å². The fraction of sp³-hybridized carbons (Fsp3) is 0.316. The van der Waals surface area contributed by atoms with Gasteiger partial charge in [-0.3, -0.25) is 4.79 Å². The molecule has 25 heavy (non-hydrogen) atoms. The van der Waals surface area contributed by atoms with Crippen LogP contribution in [-0.2, 0) is 9.84 Å². The highest BCUT2D eigenvalue weighted by atomic mass is 32.2. The molecule has 2 aromatic rings. The highest BCUT2D eigenvalue weighted by Gasteiger charge is 2.24. The van der Waals surface area contributed by atoms with Crippen molar-refractivity contribution in [3.8, 4) is 5.75 Å². The molecule has 134 valence electrons. The van der Waals surface area contributed by atoms with Gasteiger partial charge in [0.15, 0.2) is 9.84 Å². The first kappa shape index (κ1) is 19.0. The molecule has 0 aliphatic rings. The van der Waals surface area contributed by atoms with E-state index in [-0.39, 0.29) is 17.0 Å². The number of sulfone groups is 1.